The smallest absolute Gasteiger partial charge is 0.391 e. The van der Waals surface area contributed by atoms with E-state index >= 15 is 0 Å². The third-order valence-electron chi connectivity index (χ3n) is 10.6. The van der Waals surface area contributed by atoms with Crippen LogP contribution in [-0.4, -0.2) is 118 Å². The Morgan fingerprint density at radius 3 is 2.47 bits per heavy atom. The van der Waals surface area contributed by atoms with Gasteiger partial charge in [-0.15, -0.1) is 11.3 Å². The number of nitrogens with zero attached hydrogens (tertiary/aromatic N) is 6. The first kappa shape index (κ1) is 35.2. The number of allylic oxidation sites excluding steroid dienone is 2. The Balaban J connectivity index is 1.22. The maximum atomic E-state index is 14.3. The molecule has 0 aromatic carbocycles. The molecule has 1 aliphatic carbocycles. The summed E-state index contributed by atoms with van der Waals surface area (Å²) in [5.41, 5.74) is 0.385. The van der Waals surface area contributed by atoms with Crippen LogP contribution < -0.4 is 10.2 Å². The summed E-state index contributed by atoms with van der Waals surface area (Å²) < 4.78 is 46.5. The largest absolute Gasteiger partial charge is 0.396 e. The van der Waals surface area contributed by atoms with Crippen LogP contribution in [0.5, 0.6) is 0 Å². The van der Waals surface area contributed by atoms with Gasteiger partial charge in [-0.2, -0.15) is 13.2 Å². The predicted octanol–water partition coefficient (Wildman–Crippen LogP) is 2.92. The van der Waals surface area contributed by atoms with Crippen molar-refractivity contribution in [2.75, 3.05) is 57.4 Å². The summed E-state index contributed by atoms with van der Waals surface area (Å²) in [5, 5.41) is 13.2. The Labute approximate surface area is 286 Å². The number of aliphatic hydroxyl groups excluding tert-OH is 1. The van der Waals surface area contributed by atoms with Crippen LogP contribution in [-0.2, 0) is 14.3 Å². The molecule has 49 heavy (non-hydrogen) atoms. The molecule has 3 aliphatic heterocycles. The summed E-state index contributed by atoms with van der Waals surface area (Å²) in [7, 11) is 0. The number of alkyl halides is 3. The van der Waals surface area contributed by atoms with Crippen molar-refractivity contribution in [2.24, 2.45) is 22.7 Å². The second kappa shape index (κ2) is 14.3. The van der Waals surface area contributed by atoms with E-state index in [0.29, 0.717) is 43.3 Å². The Bertz CT molecular complexity index is 1500. The monoisotopic (exact) mass is 705 g/mol. The summed E-state index contributed by atoms with van der Waals surface area (Å²) in [5.74, 6) is -2.87. The van der Waals surface area contributed by atoms with E-state index in [1.54, 1.807) is 35.8 Å². The molecule has 2 N–H and O–H groups in total. The Kier molecular flexibility index (Phi) is 10.3. The fourth-order valence-electron chi connectivity index (χ4n) is 7.52. The molecule has 2 aromatic rings. The molecule has 0 saturated carbocycles. The van der Waals surface area contributed by atoms with E-state index in [4.69, 9.17) is 4.74 Å². The number of aromatic nitrogens is 3. The minimum Gasteiger partial charge on any atom is -0.396 e. The fraction of sp³-hybridized carbons (Fsp3) is 0.636. The number of halogens is 3. The maximum Gasteiger partial charge on any atom is 0.391 e. The zero-order valence-corrected chi connectivity index (χ0v) is 28.2. The van der Waals surface area contributed by atoms with Gasteiger partial charge in [-0.25, -0.2) is 9.97 Å². The summed E-state index contributed by atoms with van der Waals surface area (Å²) in [6.45, 7) is 2.72. The van der Waals surface area contributed by atoms with Crippen LogP contribution >= 0.6 is 11.3 Å². The number of hydrogen-bond donors (Lipinski definition) is 2. The van der Waals surface area contributed by atoms with Gasteiger partial charge < -0.3 is 29.9 Å². The topological polar surface area (TPSA) is 141 Å². The molecule has 2 aromatic heterocycles. The highest BCUT2D eigenvalue weighted by atomic mass is 32.1. The number of carbonyl (C=O) groups is 3. The second-order valence-corrected chi connectivity index (χ2v) is 14.8. The van der Waals surface area contributed by atoms with Crippen molar-refractivity contribution in [1.29, 1.82) is 0 Å². The van der Waals surface area contributed by atoms with Crippen LogP contribution in [0.4, 0.5) is 19.1 Å². The van der Waals surface area contributed by atoms with Crippen molar-refractivity contribution >= 4 is 35.0 Å². The summed E-state index contributed by atoms with van der Waals surface area (Å²) in [6.07, 6.45) is 5.22. The third-order valence-corrected chi connectivity index (χ3v) is 11.4. The molecule has 3 fully saturated rings. The number of amides is 3. The quantitative estimate of drug-likeness (QED) is 0.357. The zero-order valence-electron chi connectivity index (χ0n) is 27.3. The SMILES string of the molecule is C[C@@H](OCC1(CO)CC=CCC1)[C@H](NC(=O)C1CN(C(=O)c2cncs2)CC12CN(c1ncccn1)C2)C(=O)N1CCC(C(F)(F)F)CC1. The van der Waals surface area contributed by atoms with Gasteiger partial charge >= 0.3 is 6.18 Å². The third kappa shape index (κ3) is 7.45. The number of thiazole rings is 1. The molecule has 4 aliphatic rings. The van der Waals surface area contributed by atoms with Gasteiger partial charge in [0.25, 0.3) is 5.91 Å². The lowest BCUT2D eigenvalue weighted by molar-refractivity contribution is -0.187. The first-order valence-electron chi connectivity index (χ1n) is 16.7. The standard InChI is InChI=1S/C33H42F3N7O5S/c1-22(48-20-31(19-44)8-3-2-4-9-31)26(29(47)41-12-6-23(7-13-41)33(34,35)36)40-27(45)24-15-42(28(46)25-14-37-21-49-25)16-32(24)17-43(18-32)30-38-10-5-11-39-30/h2-3,5,10-11,14,21-24,26,44H,4,6-9,12-13,15-20H2,1H3,(H,40,45)/t22-,24?,26+,31?/m1/s1. The Morgan fingerprint density at radius 1 is 1.12 bits per heavy atom. The molecular formula is C33H42F3N7O5S. The molecule has 16 heteroatoms. The number of carbonyl (C=O) groups excluding carboxylic acids is 3. The Hall–Kier alpha value is -3.63. The van der Waals surface area contributed by atoms with Gasteiger partial charge in [0.15, 0.2) is 0 Å². The maximum absolute atomic E-state index is 14.3. The van der Waals surface area contributed by atoms with E-state index in [1.165, 1.54) is 22.4 Å². The number of aliphatic hydroxyl groups is 1. The van der Waals surface area contributed by atoms with E-state index in [2.05, 4.69) is 20.3 Å². The van der Waals surface area contributed by atoms with Gasteiger partial charge in [0, 0.05) is 62.5 Å². The highest BCUT2D eigenvalue weighted by molar-refractivity contribution is 7.11. The minimum absolute atomic E-state index is 0.0933. The lowest BCUT2D eigenvalue weighted by atomic mass is 9.71. The average Bonchev–Trinajstić information content (AvgIpc) is 3.78. The van der Waals surface area contributed by atoms with Crippen molar-refractivity contribution in [3.05, 3.63) is 47.2 Å². The van der Waals surface area contributed by atoms with Crippen LogP contribution in [0.1, 0.15) is 48.7 Å². The molecule has 3 amide bonds. The van der Waals surface area contributed by atoms with E-state index in [-0.39, 0.29) is 51.6 Å². The van der Waals surface area contributed by atoms with Crippen LogP contribution in [0.25, 0.3) is 0 Å². The van der Waals surface area contributed by atoms with E-state index in [9.17, 15) is 32.7 Å². The lowest BCUT2D eigenvalue weighted by Crippen LogP contribution is -2.65. The molecule has 12 nitrogen and oxygen atoms in total. The molecule has 0 bridgehead atoms. The second-order valence-electron chi connectivity index (χ2n) is 13.9. The molecule has 3 saturated heterocycles. The van der Waals surface area contributed by atoms with Gasteiger partial charge in [-0.3, -0.25) is 19.4 Å². The van der Waals surface area contributed by atoms with Crippen LogP contribution in [0.15, 0.2) is 42.3 Å². The normalized spacial score (nSPS) is 25.2. The number of hydrogen-bond acceptors (Lipinski definition) is 10. The number of rotatable bonds is 10. The van der Waals surface area contributed by atoms with Gasteiger partial charge in [-0.05, 0) is 45.1 Å². The first-order chi connectivity index (χ1) is 23.4. The van der Waals surface area contributed by atoms with Gasteiger partial charge in [-0.1, -0.05) is 12.2 Å². The average molecular weight is 706 g/mol. The number of piperidine rings is 1. The van der Waals surface area contributed by atoms with Crippen molar-refractivity contribution in [3.8, 4) is 0 Å². The highest BCUT2D eigenvalue weighted by Gasteiger charge is 2.59. The summed E-state index contributed by atoms with van der Waals surface area (Å²) >= 11 is 1.21. The highest BCUT2D eigenvalue weighted by Crippen LogP contribution is 2.46. The van der Waals surface area contributed by atoms with E-state index in [0.717, 1.165) is 6.42 Å². The van der Waals surface area contributed by atoms with E-state index < -0.39 is 52.8 Å². The fourth-order valence-corrected chi connectivity index (χ4v) is 8.10. The molecule has 6 rings (SSSR count). The number of likely N-dealkylation sites (tertiary alicyclic amines) is 2. The molecule has 5 heterocycles. The summed E-state index contributed by atoms with van der Waals surface area (Å²) in [6, 6.07) is 0.515. The molecule has 4 atom stereocenters. The predicted molar refractivity (Wildman–Crippen MR) is 173 cm³/mol. The molecular weight excluding hydrogens is 663 g/mol. The van der Waals surface area contributed by atoms with Crippen molar-refractivity contribution in [3.63, 3.8) is 0 Å². The van der Waals surface area contributed by atoms with Gasteiger partial charge in [0.1, 0.15) is 10.9 Å². The Morgan fingerprint density at radius 2 is 1.86 bits per heavy atom. The van der Waals surface area contributed by atoms with Crippen LogP contribution in [0, 0.1) is 22.7 Å². The molecule has 266 valence electrons. The number of ether oxygens (including phenoxy) is 1. The van der Waals surface area contributed by atoms with Crippen molar-refractivity contribution in [1.82, 2.24) is 30.1 Å². The number of nitrogens with one attached hydrogen (secondary N) is 1. The van der Waals surface area contributed by atoms with Gasteiger partial charge in [0.05, 0.1) is 42.9 Å². The number of anilines is 1. The lowest BCUT2D eigenvalue weighted by Gasteiger charge is -2.50. The minimum atomic E-state index is -4.34. The molecule has 1 spiro atoms. The summed E-state index contributed by atoms with van der Waals surface area (Å²) in [4.78, 5) is 59.9. The van der Waals surface area contributed by atoms with Crippen molar-refractivity contribution in [2.45, 2.75) is 57.3 Å². The van der Waals surface area contributed by atoms with E-state index in [1.807, 2.05) is 17.1 Å². The zero-order chi connectivity index (χ0) is 34.8. The van der Waals surface area contributed by atoms with Crippen LogP contribution in [0.2, 0.25) is 0 Å². The van der Waals surface area contributed by atoms with Crippen LogP contribution in [0.3, 0.4) is 0 Å². The van der Waals surface area contributed by atoms with Crippen molar-refractivity contribution < 1.29 is 37.4 Å². The molecule has 0 radical (unpaired) electrons. The first-order valence-corrected chi connectivity index (χ1v) is 17.5. The molecule has 2 unspecified atom stereocenters. The van der Waals surface area contributed by atoms with Gasteiger partial charge in [0.2, 0.25) is 17.8 Å².